The van der Waals surface area contributed by atoms with Crippen LogP contribution in [0.4, 0.5) is 0 Å². The Labute approximate surface area is 167 Å². The average molecular weight is 398 g/mol. The molecule has 1 fully saturated rings. The highest BCUT2D eigenvalue weighted by Gasteiger charge is 2.28. The second-order valence-corrected chi connectivity index (χ2v) is 8.10. The smallest absolute Gasteiger partial charge is 0.262 e. The molecule has 0 spiro atoms. The zero-order valence-electron chi connectivity index (χ0n) is 15.5. The molecule has 3 aromatic rings. The van der Waals surface area contributed by atoms with Crippen LogP contribution in [0.2, 0.25) is 0 Å². The van der Waals surface area contributed by atoms with Crippen LogP contribution in [0.1, 0.15) is 30.9 Å². The van der Waals surface area contributed by atoms with Crippen LogP contribution in [-0.4, -0.2) is 38.6 Å². The number of piperidine rings is 1. The van der Waals surface area contributed by atoms with Gasteiger partial charge in [-0.25, -0.2) is 4.98 Å². The van der Waals surface area contributed by atoms with Crippen LogP contribution >= 0.6 is 11.3 Å². The van der Waals surface area contributed by atoms with Gasteiger partial charge in [-0.1, -0.05) is 30.3 Å². The fraction of sp³-hybridized carbons (Fsp3) is 0.381. The number of aliphatic hydroxyl groups is 1. The summed E-state index contributed by atoms with van der Waals surface area (Å²) >= 11 is 1.44. The zero-order chi connectivity index (χ0) is 19.5. The molecule has 1 saturated heterocycles. The molecule has 1 unspecified atom stereocenters. The molecule has 0 bridgehead atoms. The maximum Gasteiger partial charge on any atom is 0.262 e. The number of fused-ring (bicyclic) bond motifs is 1. The van der Waals surface area contributed by atoms with Crippen molar-refractivity contribution in [1.82, 2.24) is 14.5 Å². The minimum Gasteiger partial charge on any atom is -0.388 e. The van der Waals surface area contributed by atoms with E-state index in [0.29, 0.717) is 25.0 Å². The predicted octanol–water partition coefficient (Wildman–Crippen LogP) is 2.82. The van der Waals surface area contributed by atoms with Crippen molar-refractivity contribution >= 4 is 27.5 Å². The molecular formula is C21H23N3O3S. The minimum atomic E-state index is -0.486. The number of hydrogen-bond donors (Lipinski definition) is 1. The van der Waals surface area contributed by atoms with Crippen molar-refractivity contribution in [2.24, 2.45) is 5.92 Å². The molecule has 146 valence electrons. The topological polar surface area (TPSA) is 75.4 Å². The molecule has 0 saturated carbocycles. The van der Waals surface area contributed by atoms with Gasteiger partial charge >= 0.3 is 0 Å². The summed E-state index contributed by atoms with van der Waals surface area (Å²) in [5.41, 5.74) is 0.840. The SMILES string of the molecule is O=C(CCn1cnc2sccc2c1=O)N1CCC(C(O)c2ccccc2)CC1. The average Bonchev–Trinajstić information content (AvgIpc) is 3.23. The number of likely N-dealkylation sites (tertiary alicyclic amines) is 1. The summed E-state index contributed by atoms with van der Waals surface area (Å²) in [5.74, 6) is 0.212. The minimum absolute atomic E-state index is 0.0463. The lowest BCUT2D eigenvalue weighted by Gasteiger charge is -2.34. The van der Waals surface area contributed by atoms with Gasteiger partial charge in [0.2, 0.25) is 5.91 Å². The maximum atomic E-state index is 12.6. The highest BCUT2D eigenvalue weighted by atomic mass is 32.1. The molecule has 28 heavy (non-hydrogen) atoms. The van der Waals surface area contributed by atoms with Crippen LogP contribution in [0.5, 0.6) is 0 Å². The summed E-state index contributed by atoms with van der Waals surface area (Å²) in [6.45, 7) is 1.62. The second kappa shape index (κ2) is 8.24. The van der Waals surface area contributed by atoms with Crippen LogP contribution in [0, 0.1) is 5.92 Å². The van der Waals surface area contributed by atoms with E-state index in [0.717, 1.165) is 23.2 Å². The highest BCUT2D eigenvalue weighted by Crippen LogP contribution is 2.30. The lowest BCUT2D eigenvalue weighted by atomic mass is 9.87. The van der Waals surface area contributed by atoms with Crippen LogP contribution < -0.4 is 5.56 Å². The van der Waals surface area contributed by atoms with Gasteiger partial charge in [-0.05, 0) is 35.8 Å². The van der Waals surface area contributed by atoms with Gasteiger partial charge in [-0.15, -0.1) is 11.3 Å². The third kappa shape index (κ3) is 3.86. The van der Waals surface area contributed by atoms with Crippen LogP contribution in [0.25, 0.3) is 10.2 Å². The van der Waals surface area contributed by atoms with Gasteiger partial charge in [-0.3, -0.25) is 14.2 Å². The Balaban J connectivity index is 1.31. The molecule has 4 rings (SSSR count). The van der Waals surface area contributed by atoms with Crippen LogP contribution in [0.15, 0.2) is 52.9 Å². The number of rotatable bonds is 5. The fourth-order valence-corrected chi connectivity index (χ4v) is 4.54. The van der Waals surface area contributed by atoms with E-state index in [9.17, 15) is 14.7 Å². The van der Waals surface area contributed by atoms with E-state index in [-0.39, 0.29) is 23.8 Å². The Bertz CT molecular complexity index is 1010. The molecule has 1 atom stereocenters. The summed E-state index contributed by atoms with van der Waals surface area (Å²) in [6.07, 6.45) is 2.88. The number of aromatic nitrogens is 2. The van der Waals surface area contributed by atoms with E-state index in [1.165, 1.54) is 22.2 Å². The van der Waals surface area contributed by atoms with Crippen LogP contribution in [0.3, 0.4) is 0 Å². The first-order valence-electron chi connectivity index (χ1n) is 9.57. The number of benzene rings is 1. The van der Waals surface area contributed by atoms with Crippen molar-refractivity contribution in [1.29, 1.82) is 0 Å². The Morgan fingerprint density at radius 1 is 1.21 bits per heavy atom. The highest BCUT2D eigenvalue weighted by molar-refractivity contribution is 7.16. The molecule has 7 heteroatoms. The Morgan fingerprint density at radius 3 is 2.71 bits per heavy atom. The van der Waals surface area contributed by atoms with E-state index in [1.54, 1.807) is 6.07 Å². The summed E-state index contributed by atoms with van der Waals surface area (Å²) in [6, 6.07) is 11.5. The van der Waals surface area contributed by atoms with E-state index >= 15 is 0 Å². The van der Waals surface area contributed by atoms with Gasteiger partial charge in [-0.2, -0.15) is 0 Å². The van der Waals surface area contributed by atoms with Gasteiger partial charge in [0.25, 0.3) is 5.56 Å². The number of amides is 1. The number of thiophene rings is 1. The maximum absolute atomic E-state index is 12.6. The molecule has 1 N–H and O–H groups in total. The molecule has 1 amide bonds. The molecule has 3 heterocycles. The van der Waals surface area contributed by atoms with E-state index in [4.69, 9.17) is 0 Å². The number of carbonyl (C=O) groups is 1. The molecule has 1 aromatic carbocycles. The summed E-state index contributed by atoms with van der Waals surface area (Å²) in [5, 5.41) is 13.0. The van der Waals surface area contributed by atoms with Gasteiger partial charge in [0.1, 0.15) is 4.83 Å². The van der Waals surface area contributed by atoms with Crippen molar-refractivity contribution < 1.29 is 9.90 Å². The first-order chi connectivity index (χ1) is 13.6. The standard InChI is InChI=1S/C21H23N3O3S/c25-18(8-12-24-14-22-20-17(21(24)27)9-13-28-20)23-10-6-16(7-11-23)19(26)15-4-2-1-3-5-15/h1-5,9,13-14,16,19,26H,6-8,10-12H2. The van der Waals surface area contributed by atoms with Crippen molar-refractivity contribution in [3.63, 3.8) is 0 Å². The summed E-state index contributed by atoms with van der Waals surface area (Å²) in [4.78, 5) is 31.8. The molecule has 6 nitrogen and oxygen atoms in total. The lowest BCUT2D eigenvalue weighted by Crippen LogP contribution is -2.40. The van der Waals surface area contributed by atoms with Gasteiger partial charge in [0, 0.05) is 26.1 Å². The van der Waals surface area contributed by atoms with Gasteiger partial charge in [0.05, 0.1) is 17.8 Å². The van der Waals surface area contributed by atoms with Crippen molar-refractivity contribution in [2.75, 3.05) is 13.1 Å². The number of nitrogens with zero attached hydrogens (tertiary/aromatic N) is 3. The van der Waals surface area contributed by atoms with Crippen LogP contribution in [-0.2, 0) is 11.3 Å². The Kier molecular flexibility index (Phi) is 5.54. The third-order valence-electron chi connectivity index (χ3n) is 5.50. The molecule has 1 aliphatic rings. The normalized spacial score (nSPS) is 16.4. The van der Waals surface area contributed by atoms with Gasteiger partial charge < -0.3 is 10.0 Å². The van der Waals surface area contributed by atoms with Gasteiger partial charge in [0.15, 0.2) is 0 Å². The first kappa shape index (κ1) is 18.8. The number of carbonyl (C=O) groups excluding carboxylic acids is 1. The zero-order valence-corrected chi connectivity index (χ0v) is 16.3. The predicted molar refractivity (Wildman–Crippen MR) is 109 cm³/mol. The van der Waals surface area contributed by atoms with E-state index in [2.05, 4.69) is 4.98 Å². The summed E-state index contributed by atoms with van der Waals surface area (Å²) < 4.78 is 1.51. The summed E-state index contributed by atoms with van der Waals surface area (Å²) in [7, 11) is 0. The molecule has 0 aliphatic carbocycles. The molecule has 2 aromatic heterocycles. The van der Waals surface area contributed by atoms with E-state index in [1.807, 2.05) is 40.6 Å². The van der Waals surface area contributed by atoms with E-state index < -0.39 is 6.10 Å². The second-order valence-electron chi connectivity index (χ2n) is 7.21. The molecule has 1 aliphatic heterocycles. The fourth-order valence-electron chi connectivity index (χ4n) is 3.81. The van der Waals surface area contributed by atoms with Crippen molar-refractivity contribution in [2.45, 2.75) is 31.9 Å². The number of aryl methyl sites for hydroxylation is 1. The Morgan fingerprint density at radius 2 is 1.96 bits per heavy atom. The monoisotopic (exact) mass is 397 g/mol. The third-order valence-corrected chi connectivity index (χ3v) is 6.32. The lowest BCUT2D eigenvalue weighted by molar-refractivity contribution is -0.133. The van der Waals surface area contributed by atoms with Crippen molar-refractivity contribution in [3.8, 4) is 0 Å². The quantitative estimate of drug-likeness (QED) is 0.718. The Hall–Kier alpha value is -2.51. The van der Waals surface area contributed by atoms with Crippen molar-refractivity contribution in [3.05, 3.63) is 64.0 Å². The first-order valence-corrected chi connectivity index (χ1v) is 10.4. The largest absolute Gasteiger partial charge is 0.388 e. The number of aliphatic hydroxyl groups excluding tert-OH is 1. The number of hydrogen-bond acceptors (Lipinski definition) is 5. The molecular weight excluding hydrogens is 374 g/mol. The molecule has 0 radical (unpaired) electrons.